The highest BCUT2D eigenvalue weighted by Crippen LogP contribution is 2.57. The molecule has 1 heterocycles. The molecule has 3 heteroatoms. The Morgan fingerprint density at radius 3 is 2.85 bits per heavy atom. The Morgan fingerprint density at radius 2 is 2.00 bits per heavy atom. The average molecular weight is 270 g/mol. The quantitative estimate of drug-likeness (QED) is 0.680. The number of carbonyl (C=O) groups excluding carboxylic acids is 2. The van der Waals surface area contributed by atoms with Crippen molar-refractivity contribution in [2.45, 2.75) is 38.2 Å². The predicted octanol–water partition coefficient (Wildman–Crippen LogP) is 3.08. The summed E-state index contributed by atoms with van der Waals surface area (Å²) in [6.45, 7) is 2.13. The minimum absolute atomic E-state index is 0.141. The molecule has 4 rings (SSSR count). The summed E-state index contributed by atoms with van der Waals surface area (Å²) in [5.74, 6) is 0.701. The molecule has 2 bridgehead atoms. The van der Waals surface area contributed by atoms with E-state index < -0.39 is 5.60 Å². The smallest absolute Gasteiger partial charge is 0.339 e. The van der Waals surface area contributed by atoms with Crippen molar-refractivity contribution in [3.05, 3.63) is 35.4 Å². The van der Waals surface area contributed by atoms with Crippen LogP contribution < -0.4 is 0 Å². The second kappa shape index (κ2) is 3.94. The molecule has 2 fully saturated rings. The average Bonchev–Trinajstić information content (AvgIpc) is 2.75. The molecular formula is C17H18O3. The fourth-order valence-corrected chi connectivity index (χ4v) is 4.64. The van der Waals surface area contributed by atoms with Crippen molar-refractivity contribution in [2.24, 2.45) is 17.8 Å². The number of hydrogen-bond donors (Lipinski definition) is 0. The van der Waals surface area contributed by atoms with E-state index in [0.717, 1.165) is 24.8 Å². The van der Waals surface area contributed by atoms with E-state index in [1.165, 1.54) is 0 Å². The van der Waals surface area contributed by atoms with Crippen LogP contribution in [0.4, 0.5) is 0 Å². The summed E-state index contributed by atoms with van der Waals surface area (Å²) in [4.78, 5) is 24.7. The third kappa shape index (κ3) is 1.36. The van der Waals surface area contributed by atoms with Crippen molar-refractivity contribution < 1.29 is 14.3 Å². The van der Waals surface area contributed by atoms with Gasteiger partial charge in [0.15, 0.2) is 5.60 Å². The van der Waals surface area contributed by atoms with Gasteiger partial charge in [0.25, 0.3) is 0 Å². The normalized spacial score (nSPS) is 38.8. The first kappa shape index (κ1) is 12.1. The molecule has 1 aromatic carbocycles. The van der Waals surface area contributed by atoms with Gasteiger partial charge in [-0.1, -0.05) is 25.1 Å². The highest BCUT2D eigenvalue weighted by Gasteiger charge is 2.60. The van der Waals surface area contributed by atoms with Gasteiger partial charge in [0.1, 0.15) is 5.78 Å². The van der Waals surface area contributed by atoms with Crippen molar-refractivity contribution in [1.29, 1.82) is 0 Å². The van der Waals surface area contributed by atoms with Crippen molar-refractivity contribution in [3.63, 3.8) is 0 Å². The monoisotopic (exact) mass is 270 g/mol. The zero-order chi connectivity index (χ0) is 13.9. The molecule has 104 valence electrons. The maximum Gasteiger partial charge on any atom is 0.339 e. The molecular weight excluding hydrogens is 252 g/mol. The first-order chi connectivity index (χ1) is 9.63. The van der Waals surface area contributed by atoms with E-state index in [2.05, 4.69) is 6.92 Å². The van der Waals surface area contributed by atoms with Crippen LogP contribution in [0.5, 0.6) is 0 Å². The Labute approximate surface area is 118 Å². The largest absolute Gasteiger partial charge is 0.449 e. The van der Waals surface area contributed by atoms with Crippen LogP contribution in [-0.4, -0.2) is 11.8 Å². The van der Waals surface area contributed by atoms with Gasteiger partial charge in [0.05, 0.1) is 11.5 Å². The lowest BCUT2D eigenvalue weighted by Crippen LogP contribution is -2.52. The fraction of sp³-hybridized carbons (Fsp3) is 0.529. The molecule has 3 aliphatic rings. The number of hydrogen-bond acceptors (Lipinski definition) is 3. The molecule has 2 unspecified atom stereocenters. The molecule has 4 atom stereocenters. The number of ether oxygens (including phenoxy) is 1. The Hall–Kier alpha value is -1.64. The fourth-order valence-electron chi connectivity index (χ4n) is 4.64. The van der Waals surface area contributed by atoms with Gasteiger partial charge in [0.2, 0.25) is 0 Å². The number of esters is 1. The minimum atomic E-state index is -0.693. The van der Waals surface area contributed by atoms with Crippen LogP contribution in [0.25, 0.3) is 0 Å². The van der Waals surface area contributed by atoms with E-state index in [-0.39, 0.29) is 23.6 Å². The third-order valence-corrected chi connectivity index (χ3v) is 5.52. The summed E-state index contributed by atoms with van der Waals surface area (Å²) < 4.78 is 5.87. The molecule has 1 aromatic rings. The summed E-state index contributed by atoms with van der Waals surface area (Å²) in [6.07, 6.45) is 3.57. The Balaban J connectivity index is 1.91. The molecule has 0 radical (unpaired) electrons. The molecule has 0 N–H and O–H groups in total. The first-order valence-electron chi connectivity index (χ1n) is 7.48. The molecule has 20 heavy (non-hydrogen) atoms. The van der Waals surface area contributed by atoms with Crippen LogP contribution >= 0.6 is 0 Å². The predicted molar refractivity (Wildman–Crippen MR) is 73.2 cm³/mol. The summed E-state index contributed by atoms with van der Waals surface area (Å²) in [5, 5.41) is 0. The van der Waals surface area contributed by atoms with Crippen molar-refractivity contribution in [2.75, 3.05) is 0 Å². The zero-order valence-corrected chi connectivity index (χ0v) is 11.6. The lowest BCUT2D eigenvalue weighted by atomic mass is 9.57. The van der Waals surface area contributed by atoms with E-state index in [1.54, 1.807) is 0 Å². The van der Waals surface area contributed by atoms with Gasteiger partial charge >= 0.3 is 5.97 Å². The lowest BCUT2D eigenvalue weighted by Gasteiger charge is -2.49. The molecule has 2 aliphatic carbocycles. The second-order valence-corrected chi connectivity index (χ2v) is 6.52. The molecule has 0 saturated heterocycles. The number of fused-ring (bicyclic) bond motifs is 5. The Bertz CT molecular complexity index is 606. The van der Waals surface area contributed by atoms with Crippen LogP contribution in [0.15, 0.2) is 24.3 Å². The van der Waals surface area contributed by atoms with E-state index in [1.807, 2.05) is 24.3 Å². The number of Topliss-reactive ketones (excluding diaryl/α,β-unsaturated/α-hetero) is 1. The van der Waals surface area contributed by atoms with Crippen LogP contribution in [0.3, 0.4) is 0 Å². The van der Waals surface area contributed by atoms with E-state index in [0.29, 0.717) is 17.9 Å². The Morgan fingerprint density at radius 1 is 1.20 bits per heavy atom. The minimum Gasteiger partial charge on any atom is -0.449 e. The highest BCUT2D eigenvalue weighted by atomic mass is 16.6. The summed E-state index contributed by atoms with van der Waals surface area (Å²) >= 11 is 0. The number of ketones is 1. The number of benzene rings is 1. The Kier molecular flexibility index (Phi) is 2.39. The van der Waals surface area contributed by atoms with Crippen LogP contribution in [0, 0.1) is 17.8 Å². The lowest BCUT2D eigenvalue weighted by molar-refractivity contribution is -0.154. The van der Waals surface area contributed by atoms with Gasteiger partial charge in [-0.2, -0.15) is 0 Å². The van der Waals surface area contributed by atoms with Crippen molar-refractivity contribution >= 4 is 11.8 Å². The van der Waals surface area contributed by atoms with Gasteiger partial charge in [-0.05, 0) is 31.2 Å². The summed E-state index contributed by atoms with van der Waals surface area (Å²) in [7, 11) is 0. The van der Waals surface area contributed by atoms with Gasteiger partial charge in [-0.3, -0.25) is 4.79 Å². The molecule has 0 amide bonds. The topological polar surface area (TPSA) is 43.4 Å². The van der Waals surface area contributed by atoms with Gasteiger partial charge in [0, 0.05) is 17.9 Å². The number of carbonyl (C=O) groups is 2. The van der Waals surface area contributed by atoms with Crippen LogP contribution in [0.1, 0.15) is 48.5 Å². The standard InChI is InChI=1S/C17H18O3/c1-10-8-11-6-7-15(18)14(9-11)17(10)13-5-3-2-4-12(13)16(19)20-17/h2-5,10-11,14H,6-9H2,1H3/t10?,11-,14+,17?/m1/s1. The van der Waals surface area contributed by atoms with Crippen LogP contribution in [0.2, 0.25) is 0 Å². The molecule has 0 aromatic heterocycles. The summed E-state index contributed by atoms with van der Waals surface area (Å²) in [5.41, 5.74) is 0.897. The molecule has 2 saturated carbocycles. The SMILES string of the molecule is CC1C[C@H]2CCC(=O)[C@H](C2)C12OC(=O)c1ccccc12. The maximum atomic E-state index is 12.4. The van der Waals surface area contributed by atoms with Gasteiger partial charge in [-0.25, -0.2) is 4.79 Å². The van der Waals surface area contributed by atoms with E-state index >= 15 is 0 Å². The maximum absolute atomic E-state index is 12.4. The van der Waals surface area contributed by atoms with Crippen molar-refractivity contribution in [1.82, 2.24) is 0 Å². The van der Waals surface area contributed by atoms with Gasteiger partial charge in [-0.15, -0.1) is 0 Å². The van der Waals surface area contributed by atoms with Crippen molar-refractivity contribution in [3.8, 4) is 0 Å². The van der Waals surface area contributed by atoms with E-state index in [9.17, 15) is 9.59 Å². The number of rotatable bonds is 0. The zero-order valence-electron chi connectivity index (χ0n) is 11.6. The second-order valence-electron chi connectivity index (χ2n) is 6.52. The first-order valence-corrected chi connectivity index (χ1v) is 7.48. The summed E-state index contributed by atoms with van der Waals surface area (Å²) in [6, 6.07) is 7.59. The third-order valence-electron chi connectivity index (χ3n) is 5.52. The molecule has 1 aliphatic heterocycles. The van der Waals surface area contributed by atoms with Gasteiger partial charge < -0.3 is 4.74 Å². The van der Waals surface area contributed by atoms with E-state index in [4.69, 9.17) is 4.74 Å². The molecule has 3 nitrogen and oxygen atoms in total. The molecule has 1 spiro atoms. The highest BCUT2D eigenvalue weighted by molar-refractivity contribution is 5.96. The van der Waals surface area contributed by atoms with Crippen LogP contribution in [-0.2, 0) is 15.1 Å².